The van der Waals surface area contributed by atoms with Gasteiger partial charge in [0, 0.05) is 0 Å². The van der Waals surface area contributed by atoms with E-state index in [0.29, 0.717) is 5.56 Å². The number of benzene rings is 2. The molecule has 2 amide bonds. The number of imide groups is 1. The molecule has 0 aliphatic carbocycles. The zero-order valence-electron chi connectivity index (χ0n) is 12.7. The summed E-state index contributed by atoms with van der Waals surface area (Å²) in [6.45, 7) is 1.44. The van der Waals surface area contributed by atoms with Crippen LogP contribution in [0.3, 0.4) is 0 Å². The zero-order chi connectivity index (χ0) is 17.3. The van der Waals surface area contributed by atoms with Crippen molar-refractivity contribution in [3.8, 4) is 11.8 Å². The highest BCUT2D eigenvalue weighted by molar-refractivity contribution is 6.22. The van der Waals surface area contributed by atoms with Crippen LogP contribution in [0.15, 0.2) is 48.5 Å². The van der Waals surface area contributed by atoms with Crippen LogP contribution in [0.1, 0.15) is 33.2 Å². The molecule has 118 valence electrons. The van der Waals surface area contributed by atoms with Crippen LogP contribution in [-0.4, -0.2) is 28.7 Å². The van der Waals surface area contributed by atoms with Crippen LogP contribution >= 0.6 is 0 Å². The second-order valence-electron chi connectivity index (χ2n) is 5.26. The standard InChI is InChI=1S/C18H12N2O4/c1-11(18(23)24-13-8-6-12(10-19)7-9-13)20-16(21)14-4-2-3-5-15(14)17(20)22/h2-9,11H,1H3/t11-/m0/s1. The largest absolute Gasteiger partial charge is 0.425 e. The number of fused-ring (bicyclic) bond motifs is 1. The highest BCUT2D eigenvalue weighted by Crippen LogP contribution is 2.25. The molecule has 1 aliphatic heterocycles. The van der Waals surface area contributed by atoms with Gasteiger partial charge in [0.2, 0.25) is 0 Å². The van der Waals surface area contributed by atoms with Crippen LogP contribution in [-0.2, 0) is 4.79 Å². The summed E-state index contributed by atoms with van der Waals surface area (Å²) in [5.74, 6) is -1.52. The van der Waals surface area contributed by atoms with Crippen molar-refractivity contribution in [3.63, 3.8) is 0 Å². The van der Waals surface area contributed by atoms with Gasteiger partial charge in [0.1, 0.15) is 11.8 Å². The Morgan fingerprint density at radius 3 is 2.08 bits per heavy atom. The Morgan fingerprint density at radius 1 is 1.04 bits per heavy atom. The average Bonchev–Trinajstić information content (AvgIpc) is 2.86. The molecule has 0 radical (unpaired) electrons. The van der Waals surface area contributed by atoms with Gasteiger partial charge >= 0.3 is 5.97 Å². The van der Waals surface area contributed by atoms with Crippen molar-refractivity contribution in [2.75, 3.05) is 0 Å². The summed E-state index contributed by atoms with van der Waals surface area (Å²) in [5, 5.41) is 8.75. The minimum absolute atomic E-state index is 0.238. The molecule has 6 nitrogen and oxygen atoms in total. The van der Waals surface area contributed by atoms with Gasteiger partial charge in [0.05, 0.1) is 22.8 Å². The van der Waals surface area contributed by atoms with E-state index in [0.717, 1.165) is 4.90 Å². The van der Waals surface area contributed by atoms with Crippen LogP contribution in [0.25, 0.3) is 0 Å². The molecule has 1 heterocycles. The van der Waals surface area contributed by atoms with E-state index in [2.05, 4.69) is 0 Å². The zero-order valence-corrected chi connectivity index (χ0v) is 12.7. The second kappa shape index (κ2) is 5.97. The fourth-order valence-electron chi connectivity index (χ4n) is 2.46. The lowest BCUT2D eigenvalue weighted by Crippen LogP contribution is -2.44. The Hall–Kier alpha value is -3.46. The highest BCUT2D eigenvalue weighted by Gasteiger charge is 2.41. The van der Waals surface area contributed by atoms with Crippen LogP contribution in [0.4, 0.5) is 0 Å². The fraction of sp³-hybridized carbons (Fsp3) is 0.111. The maximum atomic E-state index is 12.4. The molecular formula is C18H12N2O4. The topological polar surface area (TPSA) is 87.5 Å². The van der Waals surface area contributed by atoms with E-state index in [1.807, 2.05) is 6.07 Å². The first-order valence-electron chi connectivity index (χ1n) is 7.21. The van der Waals surface area contributed by atoms with Gasteiger partial charge in [-0.3, -0.25) is 14.5 Å². The number of nitrogens with zero attached hydrogens (tertiary/aromatic N) is 2. The Labute approximate surface area is 137 Å². The van der Waals surface area contributed by atoms with Gasteiger partial charge in [-0.05, 0) is 43.3 Å². The van der Waals surface area contributed by atoms with Crippen molar-refractivity contribution < 1.29 is 19.1 Å². The molecule has 0 saturated carbocycles. The molecule has 6 heteroatoms. The average molecular weight is 320 g/mol. The first kappa shape index (κ1) is 15.4. The van der Waals surface area contributed by atoms with Crippen molar-refractivity contribution in [1.82, 2.24) is 4.90 Å². The molecule has 0 spiro atoms. The van der Waals surface area contributed by atoms with Gasteiger partial charge in [-0.15, -0.1) is 0 Å². The van der Waals surface area contributed by atoms with E-state index in [1.54, 1.807) is 24.3 Å². The van der Waals surface area contributed by atoms with Gasteiger partial charge in [0.25, 0.3) is 11.8 Å². The Bertz CT molecular complexity index is 846. The fourth-order valence-corrected chi connectivity index (χ4v) is 2.46. The molecule has 0 aromatic heterocycles. The van der Waals surface area contributed by atoms with E-state index in [4.69, 9.17) is 10.00 Å². The van der Waals surface area contributed by atoms with E-state index in [1.165, 1.54) is 31.2 Å². The quantitative estimate of drug-likeness (QED) is 0.491. The second-order valence-corrected chi connectivity index (χ2v) is 5.26. The summed E-state index contributed by atoms with van der Waals surface area (Å²) < 4.78 is 5.19. The summed E-state index contributed by atoms with van der Waals surface area (Å²) in [7, 11) is 0. The van der Waals surface area contributed by atoms with E-state index in [9.17, 15) is 14.4 Å². The Balaban J connectivity index is 1.78. The van der Waals surface area contributed by atoms with Crippen LogP contribution in [0.2, 0.25) is 0 Å². The maximum absolute atomic E-state index is 12.4. The lowest BCUT2D eigenvalue weighted by atomic mass is 10.1. The summed E-state index contributed by atoms with van der Waals surface area (Å²) >= 11 is 0. The van der Waals surface area contributed by atoms with Crippen molar-refractivity contribution in [2.24, 2.45) is 0 Å². The third-order valence-corrected chi connectivity index (χ3v) is 3.76. The van der Waals surface area contributed by atoms with Crippen LogP contribution in [0.5, 0.6) is 5.75 Å². The number of hydrogen-bond acceptors (Lipinski definition) is 5. The Kier molecular flexibility index (Phi) is 3.84. The maximum Gasteiger partial charge on any atom is 0.334 e. The van der Waals surface area contributed by atoms with Gasteiger partial charge < -0.3 is 4.74 Å². The number of esters is 1. The number of carbonyl (C=O) groups is 3. The number of hydrogen-bond donors (Lipinski definition) is 0. The van der Waals surface area contributed by atoms with E-state index >= 15 is 0 Å². The molecule has 0 fully saturated rings. The number of amides is 2. The van der Waals surface area contributed by atoms with Gasteiger partial charge in [0.15, 0.2) is 0 Å². The molecule has 0 bridgehead atoms. The predicted octanol–water partition coefficient (Wildman–Crippen LogP) is 2.15. The molecule has 2 aromatic carbocycles. The summed E-state index contributed by atoms with van der Waals surface area (Å²) in [4.78, 5) is 37.9. The van der Waals surface area contributed by atoms with Crippen molar-refractivity contribution >= 4 is 17.8 Å². The lowest BCUT2D eigenvalue weighted by molar-refractivity contribution is -0.138. The number of ether oxygens (including phenoxy) is 1. The molecular weight excluding hydrogens is 308 g/mol. The smallest absolute Gasteiger partial charge is 0.334 e. The van der Waals surface area contributed by atoms with Crippen molar-refractivity contribution in [3.05, 3.63) is 65.2 Å². The molecule has 24 heavy (non-hydrogen) atoms. The van der Waals surface area contributed by atoms with Crippen molar-refractivity contribution in [1.29, 1.82) is 5.26 Å². The van der Waals surface area contributed by atoms with Crippen LogP contribution in [0, 0.1) is 11.3 Å². The van der Waals surface area contributed by atoms with Gasteiger partial charge in [-0.1, -0.05) is 12.1 Å². The normalized spacial score (nSPS) is 14.1. The third kappa shape index (κ3) is 2.52. The molecule has 2 aromatic rings. The molecule has 0 N–H and O–H groups in total. The molecule has 1 aliphatic rings. The van der Waals surface area contributed by atoms with E-state index < -0.39 is 23.8 Å². The Morgan fingerprint density at radius 2 is 1.58 bits per heavy atom. The first-order chi connectivity index (χ1) is 11.5. The first-order valence-corrected chi connectivity index (χ1v) is 7.21. The molecule has 0 unspecified atom stereocenters. The van der Waals surface area contributed by atoms with Gasteiger partial charge in [-0.25, -0.2) is 4.79 Å². The minimum Gasteiger partial charge on any atom is -0.425 e. The highest BCUT2D eigenvalue weighted by atomic mass is 16.5. The predicted molar refractivity (Wildman–Crippen MR) is 83.2 cm³/mol. The SMILES string of the molecule is C[C@@H](C(=O)Oc1ccc(C#N)cc1)N1C(=O)c2ccccc2C1=O. The summed E-state index contributed by atoms with van der Waals surface area (Å²) in [6.07, 6.45) is 0. The lowest BCUT2D eigenvalue weighted by Gasteiger charge is -2.20. The van der Waals surface area contributed by atoms with E-state index in [-0.39, 0.29) is 16.9 Å². The monoisotopic (exact) mass is 320 g/mol. The molecule has 1 atom stereocenters. The number of carbonyl (C=O) groups excluding carboxylic acids is 3. The number of nitriles is 1. The summed E-state index contributed by atoms with van der Waals surface area (Å²) in [6, 6.07) is 13.3. The number of rotatable bonds is 3. The van der Waals surface area contributed by atoms with Crippen molar-refractivity contribution in [2.45, 2.75) is 13.0 Å². The molecule has 0 saturated heterocycles. The summed E-state index contributed by atoms with van der Waals surface area (Å²) in [5.41, 5.74) is 0.990. The van der Waals surface area contributed by atoms with Gasteiger partial charge in [-0.2, -0.15) is 5.26 Å². The minimum atomic E-state index is -1.06. The third-order valence-electron chi connectivity index (χ3n) is 3.76. The van der Waals surface area contributed by atoms with Crippen LogP contribution < -0.4 is 4.74 Å². The molecule has 3 rings (SSSR count).